The van der Waals surface area contributed by atoms with E-state index in [1.807, 2.05) is 37.5 Å². The van der Waals surface area contributed by atoms with Crippen LogP contribution >= 0.6 is 7.44 Å². The molecule has 0 atom stereocenters. The Bertz CT molecular complexity index is 373. The second-order valence-electron chi connectivity index (χ2n) is 4.50. The van der Waals surface area contributed by atoms with Gasteiger partial charge in [-0.2, -0.15) is 0 Å². The van der Waals surface area contributed by atoms with Gasteiger partial charge in [0.2, 0.25) is 7.44 Å². The Morgan fingerprint density at radius 1 is 1.00 bits per heavy atom. The number of hydrogen-bond donors (Lipinski definition) is 0. The Morgan fingerprint density at radius 3 is 1.81 bits per heavy atom. The van der Waals surface area contributed by atoms with Crippen molar-refractivity contribution in [2.45, 2.75) is 13.1 Å². The number of benzene rings is 1. The van der Waals surface area contributed by atoms with Gasteiger partial charge in [-0.25, -0.2) is 9.34 Å². The van der Waals surface area contributed by atoms with Crippen molar-refractivity contribution in [3.63, 3.8) is 0 Å². The molecule has 0 radical (unpaired) electrons. The molecule has 4 heteroatoms. The maximum atomic E-state index is 12.7. The van der Waals surface area contributed by atoms with Gasteiger partial charge in [0.05, 0.1) is 6.16 Å². The summed E-state index contributed by atoms with van der Waals surface area (Å²) in [6.07, 6.45) is 0.591. The first-order valence-electron chi connectivity index (χ1n) is 5.36. The standard InChI is InChI=1S/C12H21N2OP/c1-11-6-8-12(9-7-11)10-16(15,13(2)3)14(4)5/h6-9H,10H2,1-5H3. The number of nitrogens with zero attached hydrogens (tertiary/aromatic N) is 2. The quantitative estimate of drug-likeness (QED) is 0.756. The van der Waals surface area contributed by atoms with Crippen LogP contribution in [0.5, 0.6) is 0 Å². The summed E-state index contributed by atoms with van der Waals surface area (Å²) in [6, 6.07) is 8.22. The van der Waals surface area contributed by atoms with E-state index in [2.05, 4.69) is 31.2 Å². The van der Waals surface area contributed by atoms with E-state index < -0.39 is 7.44 Å². The fraction of sp³-hybridized carbons (Fsp3) is 0.500. The lowest BCUT2D eigenvalue weighted by Crippen LogP contribution is -2.22. The van der Waals surface area contributed by atoms with Crippen LogP contribution < -0.4 is 0 Å². The smallest absolute Gasteiger partial charge is 0.219 e. The molecule has 0 aliphatic rings. The van der Waals surface area contributed by atoms with Gasteiger partial charge in [0.25, 0.3) is 0 Å². The lowest BCUT2D eigenvalue weighted by atomic mass is 10.2. The van der Waals surface area contributed by atoms with Gasteiger partial charge in [-0.1, -0.05) is 29.8 Å². The molecular weight excluding hydrogens is 219 g/mol. The third-order valence-corrected chi connectivity index (χ3v) is 6.04. The van der Waals surface area contributed by atoms with Crippen molar-refractivity contribution in [3.8, 4) is 0 Å². The largest absolute Gasteiger partial charge is 0.288 e. The zero-order valence-electron chi connectivity index (χ0n) is 10.8. The van der Waals surface area contributed by atoms with Crippen LogP contribution in [0.1, 0.15) is 11.1 Å². The van der Waals surface area contributed by atoms with Gasteiger partial charge in [-0.15, -0.1) is 0 Å². The first-order valence-corrected chi connectivity index (χ1v) is 7.16. The lowest BCUT2D eigenvalue weighted by Gasteiger charge is -2.30. The van der Waals surface area contributed by atoms with Crippen molar-refractivity contribution in [2.75, 3.05) is 28.2 Å². The topological polar surface area (TPSA) is 23.6 Å². The van der Waals surface area contributed by atoms with E-state index in [4.69, 9.17) is 0 Å². The zero-order chi connectivity index (χ0) is 12.3. The second kappa shape index (κ2) is 5.13. The summed E-state index contributed by atoms with van der Waals surface area (Å²) in [6.45, 7) is 2.06. The molecule has 0 heterocycles. The predicted molar refractivity (Wildman–Crippen MR) is 69.9 cm³/mol. The number of rotatable bonds is 4. The highest BCUT2D eigenvalue weighted by atomic mass is 31.2. The van der Waals surface area contributed by atoms with E-state index in [9.17, 15) is 4.57 Å². The van der Waals surface area contributed by atoms with Crippen molar-refractivity contribution in [1.82, 2.24) is 9.34 Å². The monoisotopic (exact) mass is 240 g/mol. The second-order valence-corrected chi connectivity index (χ2v) is 7.75. The molecule has 90 valence electrons. The molecule has 1 aromatic rings. The highest BCUT2D eigenvalue weighted by Gasteiger charge is 2.27. The van der Waals surface area contributed by atoms with Gasteiger partial charge in [0.15, 0.2) is 0 Å². The van der Waals surface area contributed by atoms with Crippen molar-refractivity contribution in [1.29, 1.82) is 0 Å². The summed E-state index contributed by atoms with van der Waals surface area (Å²) < 4.78 is 16.4. The molecular formula is C12H21N2OP. The third kappa shape index (κ3) is 2.94. The summed E-state index contributed by atoms with van der Waals surface area (Å²) >= 11 is 0. The molecule has 0 aromatic heterocycles. The normalized spacial score (nSPS) is 12.4. The molecule has 0 saturated heterocycles. The van der Waals surface area contributed by atoms with Gasteiger partial charge in [0, 0.05) is 0 Å². The van der Waals surface area contributed by atoms with Crippen LogP contribution in [0, 0.1) is 6.92 Å². The van der Waals surface area contributed by atoms with Gasteiger partial charge in [-0.3, -0.25) is 4.57 Å². The Balaban J connectivity index is 2.93. The fourth-order valence-corrected chi connectivity index (χ4v) is 3.54. The average Bonchev–Trinajstić information content (AvgIpc) is 2.20. The summed E-state index contributed by atoms with van der Waals surface area (Å²) in [7, 11) is 5.05. The van der Waals surface area contributed by atoms with E-state index in [-0.39, 0.29) is 0 Å². The maximum Gasteiger partial charge on any atom is 0.219 e. The first-order chi connectivity index (χ1) is 7.36. The molecule has 0 spiro atoms. The Kier molecular flexibility index (Phi) is 4.31. The Hall–Kier alpha value is -0.630. The summed E-state index contributed by atoms with van der Waals surface area (Å²) in [5.74, 6) is 0. The SMILES string of the molecule is Cc1ccc(CP(=O)(N(C)C)N(C)C)cc1. The van der Waals surface area contributed by atoms with Gasteiger partial charge >= 0.3 is 0 Å². The minimum atomic E-state index is -2.43. The highest BCUT2D eigenvalue weighted by Crippen LogP contribution is 2.52. The van der Waals surface area contributed by atoms with E-state index >= 15 is 0 Å². The summed E-state index contributed by atoms with van der Waals surface area (Å²) in [5, 5.41) is 0. The van der Waals surface area contributed by atoms with Gasteiger partial charge < -0.3 is 0 Å². The molecule has 0 bridgehead atoms. The minimum Gasteiger partial charge on any atom is -0.288 e. The van der Waals surface area contributed by atoms with Gasteiger partial charge in [0.1, 0.15) is 0 Å². The van der Waals surface area contributed by atoms with Gasteiger partial charge in [-0.05, 0) is 40.7 Å². The van der Waals surface area contributed by atoms with Crippen LogP contribution in [0.4, 0.5) is 0 Å². The predicted octanol–water partition coefficient (Wildman–Crippen LogP) is 2.81. The maximum absolute atomic E-state index is 12.7. The van der Waals surface area contributed by atoms with Crippen molar-refractivity contribution in [3.05, 3.63) is 35.4 Å². The minimum absolute atomic E-state index is 0.591. The highest BCUT2D eigenvalue weighted by molar-refractivity contribution is 7.58. The molecule has 3 nitrogen and oxygen atoms in total. The van der Waals surface area contributed by atoms with E-state index in [1.54, 1.807) is 0 Å². The van der Waals surface area contributed by atoms with Crippen LogP contribution in [0.15, 0.2) is 24.3 Å². The van der Waals surface area contributed by atoms with Crippen molar-refractivity contribution < 1.29 is 4.57 Å². The molecule has 1 aromatic carbocycles. The number of hydrogen-bond acceptors (Lipinski definition) is 1. The molecule has 0 aliphatic carbocycles. The molecule has 1 rings (SSSR count). The molecule has 0 unspecified atom stereocenters. The molecule has 0 N–H and O–H groups in total. The van der Waals surface area contributed by atoms with Crippen LogP contribution in [0.3, 0.4) is 0 Å². The van der Waals surface area contributed by atoms with E-state index in [0.717, 1.165) is 5.56 Å². The number of aryl methyl sites for hydroxylation is 1. The summed E-state index contributed by atoms with van der Waals surface area (Å²) in [4.78, 5) is 0. The zero-order valence-corrected chi connectivity index (χ0v) is 11.7. The van der Waals surface area contributed by atoms with E-state index in [1.165, 1.54) is 5.56 Å². The average molecular weight is 240 g/mol. The van der Waals surface area contributed by atoms with Crippen molar-refractivity contribution >= 4 is 7.44 Å². The molecule has 0 amide bonds. The molecule has 0 saturated carbocycles. The van der Waals surface area contributed by atoms with Crippen LogP contribution in [-0.2, 0) is 10.7 Å². The molecule has 16 heavy (non-hydrogen) atoms. The van der Waals surface area contributed by atoms with Crippen LogP contribution in [-0.4, -0.2) is 37.5 Å². The first kappa shape index (κ1) is 13.4. The van der Waals surface area contributed by atoms with Crippen LogP contribution in [0.2, 0.25) is 0 Å². The lowest BCUT2D eigenvalue weighted by molar-refractivity contribution is 0.446. The van der Waals surface area contributed by atoms with E-state index in [0.29, 0.717) is 6.16 Å². The third-order valence-electron chi connectivity index (χ3n) is 2.76. The Morgan fingerprint density at radius 2 is 1.44 bits per heavy atom. The Labute approximate surface area is 98.5 Å². The van der Waals surface area contributed by atoms with Crippen LogP contribution in [0.25, 0.3) is 0 Å². The fourth-order valence-electron chi connectivity index (χ4n) is 1.57. The van der Waals surface area contributed by atoms with Crippen molar-refractivity contribution in [2.24, 2.45) is 0 Å². The molecule has 0 aliphatic heterocycles. The molecule has 0 fully saturated rings. The summed E-state index contributed by atoms with van der Waals surface area (Å²) in [5.41, 5.74) is 2.35.